The molecular formula is C10H10N2O. The first-order valence-electron chi connectivity index (χ1n) is 4.04. The van der Waals surface area contributed by atoms with Crippen LogP contribution in [0.2, 0.25) is 0 Å². The summed E-state index contributed by atoms with van der Waals surface area (Å²) in [6.07, 6.45) is 1.63. The number of pyridine rings is 1. The largest absolute Gasteiger partial charge is 0.463 e. The number of nitrogens with two attached hydrogens (primary N) is 1. The topological polar surface area (TPSA) is 52.0 Å². The third-order valence-corrected chi connectivity index (χ3v) is 1.90. The van der Waals surface area contributed by atoms with E-state index in [9.17, 15) is 0 Å². The Labute approximate surface area is 76.2 Å². The number of hydrogen-bond donors (Lipinski definition) is 1. The van der Waals surface area contributed by atoms with Crippen molar-refractivity contribution in [3.8, 4) is 11.5 Å². The Morgan fingerprint density at radius 3 is 2.77 bits per heavy atom. The smallest absolute Gasteiger partial charge is 0.152 e. The molecule has 0 atom stereocenters. The van der Waals surface area contributed by atoms with Gasteiger partial charge in [0.1, 0.15) is 5.69 Å². The van der Waals surface area contributed by atoms with Crippen molar-refractivity contribution in [3.05, 3.63) is 36.2 Å². The predicted octanol–water partition coefficient (Wildman–Crippen LogP) is 2.23. The Balaban J connectivity index is 2.49. The van der Waals surface area contributed by atoms with Gasteiger partial charge in [-0.1, -0.05) is 0 Å². The van der Waals surface area contributed by atoms with E-state index in [4.69, 9.17) is 10.2 Å². The van der Waals surface area contributed by atoms with Gasteiger partial charge in [-0.3, -0.25) is 0 Å². The number of hydrogen-bond acceptors (Lipinski definition) is 3. The zero-order valence-electron chi connectivity index (χ0n) is 7.32. The summed E-state index contributed by atoms with van der Waals surface area (Å²) < 4.78 is 5.21. The fourth-order valence-corrected chi connectivity index (χ4v) is 1.13. The molecule has 0 fully saturated rings. The normalized spacial score (nSPS) is 10.2. The molecule has 2 rings (SSSR count). The van der Waals surface area contributed by atoms with Gasteiger partial charge in [0, 0.05) is 0 Å². The van der Waals surface area contributed by atoms with E-state index in [0.717, 1.165) is 17.1 Å². The number of anilines is 1. The molecule has 2 aromatic rings. The van der Waals surface area contributed by atoms with E-state index >= 15 is 0 Å². The van der Waals surface area contributed by atoms with Crippen molar-refractivity contribution in [2.45, 2.75) is 6.92 Å². The number of furan rings is 1. The third-order valence-electron chi connectivity index (χ3n) is 1.90. The van der Waals surface area contributed by atoms with Crippen molar-refractivity contribution in [2.24, 2.45) is 0 Å². The lowest BCUT2D eigenvalue weighted by molar-refractivity contribution is 0.580. The fraction of sp³-hybridized carbons (Fsp3) is 0.100. The summed E-state index contributed by atoms with van der Waals surface area (Å²) in [6, 6.07) is 7.39. The molecule has 13 heavy (non-hydrogen) atoms. The first-order chi connectivity index (χ1) is 6.27. The highest BCUT2D eigenvalue weighted by atomic mass is 16.3. The van der Waals surface area contributed by atoms with E-state index in [0.29, 0.717) is 5.69 Å². The summed E-state index contributed by atoms with van der Waals surface area (Å²) in [5.41, 5.74) is 8.00. The second kappa shape index (κ2) is 2.94. The lowest BCUT2D eigenvalue weighted by Gasteiger charge is -2.00. The molecule has 3 nitrogen and oxygen atoms in total. The molecule has 0 aliphatic carbocycles. The van der Waals surface area contributed by atoms with Gasteiger partial charge in [-0.2, -0.15) is 0 Å². The Bertz CT molecular complexity index is 407. The van der Waals surface area contributed by atoms with Crippen molar-refractivity contribution in [1.82, 2.24) is 4.98 Å². The summed E-state index contributed by atoms with van der Waals surface area (Å²) in [4.78, 5) is 4.30. The maximum Gasteiger partial charge on any atom is 0.152 e. The molecule has 0 saturated heterocycles. The predicted molar refractivity (Wildman–Crippen MR) is 51.1 cm³/mol. The summed E-state index contributed by atoms with van der Waals surface area (Å²) in [7, 11) is 0. The molecule has 0 spiro atoms. The number of aryl methyl sites for hydroxylation is 1. The van der Waals surface area contributed by atoms with Gasteiger partial charge in [0.2, 0.25) is 0 Å². The van der Waals surface area contributed by atoms with Crippen molar-refractivity contribution >= 4 is 5.69 Å². The summed E-state index contributed by atoms with van der Waals surface area (Å²) in [5.74, 6) is 0.767. The minimum absolute atomic E-state index is 0.704. The zero-order valence-corrected chi connectivity index (χ0v) is 7.32. The van der Waals surface area contributed by atoms with E-state index in [1.807, 2.05) is 31.2 Å². The van der Waals surface area contributed by atoms with E-state index < -0.39 is 0 Å². The fourth-order valence-electron chi connectivity index (χ4n) is 1.13. The molecule has 0 bridgehead atoms. The maximum absolute atomic E-state index is 5.65. The second-order valence-corrected chi connectivity index (χ2v) is 2.85. The molecule has 3 heteroatoms. The van der Waals surface area contributed by atoms with Crippen LogP contribution in [0.5, 0.6) is 0 Å². The van der Waals surface area contributed by atoms with Crippen molar-refractivity contribution < 1.29 is 4.42 Å². The Morgan fingerprint density at radius 2 is 2.15 bits per heavy atom. The quantitative estimate of drug-likeness (QED) is 0.721. The first kappa shape index (κ1) is 7.86. The van der Waals surface area contributed by atoms with Gasteiger partial charge in [-0.15, -0.1) is 0 Å². The molecule has 0 unspecified atom stereocenters. The average Bonchev–Trinajstić information content (AvgIpc) is 2.62. The van der Waals surface area contributed by atoms with E-state index in [-0.39, 0.29) is 0 Å². The van der Waals surface area contributed by atoms with E-state index in [1.165, 1.54) is 0 Å². The van der Waals surface area contributed by atoms with Gasteiger partial charge in [-0.05, 0) is 31.2 Å². The number of nitrogen functional groups attached to an aromatic ring is 1. The van der Waals surface area contributed by atoms with Crippen molar-refractivity contribution in [3.63, 3.8) is 0 Å². The lowest BCUT2D eigenvalue weighted by Crippen LogP contribution is -1.93. The highest BCUT2D eigenvalue weighted by Gasteiger charge is 2.03. The molecule has 0 saturated carbocycles. The molecule has 0 amide bonds. The third kappa shape index (κ3) is 1.40. The van der Waals surface area contributed by atoms with Gasteiger partial charge in [-0.25, -0.2) is 4.98 Å². The molecule has 2 N–H and O–H groups in total. The molecule has 0 aromatic carbocycles. The molecule has 0 radical (unpaired) electrons. The Kier molecular flexibility index (Phi) is 1.77. The Hall–Kier alpha value is -1.77. The van der Waals surface area contributed by atoms with E-state index in [1.54, 1.807) is 6.26 Å². The van der Waals surface area contributed by atoms with Crippen LogP contribution in [0, 0.1) is 6.92 Å². The second-order valence-electron chi connectivity index (χ2n) is 2.85. The van der Waals surface area contributed by atoms with Gasteiger partial charge in [0.05, 0.1) is 17.6 Å². The first-order valence-corrected chi connectivity index (χ1v) is 4.04. The number of nitrogens with zero attached hydrogens (tertiary/aromatic N) is 1. The molecule has 2 aromatic heterocycles. The number of aromatic nitrogens is 1. The zero-order chi connectivity index (χ0) is 9.26. The van der Waals surface area contributed by atoms with Crippen molar-refractivity contribution in [2.75, 3.05) is 5.73 Å². The Morgan fingerprint density at radius 1 is 1.31 bits per heavy atom. The molecule has 0 aliphatic rings. The summed E-state index contributed by atoms with van der Waals surface area (Å²) in [5, 5.41) is 0. The average molecular weight is 174 g/mol. The highest BCUT2D eigenvalue weighted by molar-refractivity contribution is 5.56. The maximum atomic E-state index is 5.65. The summed E-state index contributed by atoms with van der Waals surface area (Å²) in [6.45, 7) is 1.88. The van der Waals surface area contributed by atoms with Crippen LogP contribution in [0.1, 0.15) is 5.69 Å². The molecule has 66 valence electrons. The number of rotatable bonds is 1. The van der Waals surface area contributed by atoms with Crippen LogP contribution in [0.15, 0.2) is 34.9 Å². The SMILES string of the molecule is Cc1nc(-c2ccco2)ccc1N. The van der Waals surface area contributed by atoms with Crippen LogP contribution < -0.4 is 5.73 Å². The van der Waals surface area contributed by atoms with E-state index in [2.05, 4.69) is 4.98 Å². The van der Waals surface area contributed by atoms with Gasteiger partial charge in [0.15, 0.2) is 5.76 Å². The highest BCUT2D eigenvalue weighted by Crippen LogP contribution is 2.19. The van der Waals surface area contributed by atoms with Crippen LogP contribution >= 0.6 is 0 Å². The van der Waals surface area contributed by atoms with Crippen LogP contribution in [-0.2, 0) is 0 Å². The molecular weight excluding hydrogens is 164 g/mol. The standard InChI is InChI=1S/C10H10N2O/c1-7-8(11)4-5-9(12-7)10-3-2-6-13-10/h2-6H,11H2,1H3. The van der Waals surface area contributed by atoms with Crippen LogP contribution in [-0.4, -0.2) is 4.98 Å². The lowest BCUT2D eigenvalue weighted by atomic mass is 10.2. The molecule has 0 aliphatic heterocycles. The summed E-state index contributed by atoms with van der Waals surface area (Å²) >= 11 is 0. The monoisotopic (exact) mass is 174 g/mol. The van der Waals surface area contributed by atoms with Crippen LogP contribution in [0.4, 0.5) is 5.69 Å². The minimum Gasteiger partial charge on any atom is -0.463 e. The van der Waals surface area contributed by atoms with Crippen molar-refractivity contribution in [1.29, 1.82) is 0 Å². The van der Waals surface area contributed by atoms with Gasteiger partial charge in [0.25, 0.3) is 0 Å². The van der Waals surface area contributed by atoms with Crippen LogP contribution in [0.3, 0.4) is 0 Å². The molecule has 2 heterocycles. The van der Waals surface area contributed by atoms with Gasteiger partial charge >= 0.3 is 0 Å². The van der Waals surface area contributed by atoms with Crippen LogP contribution in [0.25, 0.3) is 11.5 Å². The minimum atomic E-state index is 0.704. The van der Waals surface area contributed by atoms with Gasteiger partial charge < -0.3 is 10.2 Å².